The Labute approximate surface area is 149 Å². The minimum atomic E-state index is -0.991. The molecule has 25 heavy (non-hydrogen) atoms. The van der Waals surface area contributed by atoms with Crippen LogP contribution in [0.3, 0.4) is 0 Å². The molecule has 1 heterocycles. The number of carboxylic acids is 1. The molecule has 0 aromatic heterocycles. The zero-order valence-corrected chi connectivity index (χ0v) is 15.2. The molecular weight excluding hydrogens is 312 g/mol. The molecule has 0 saturated carbocycles. The SMILES string of the molecule is Cc1ccc(C)c(N2CCN(C(C)(C(=O)O)c3ccccc3)CC2)c1. The Morgan fingerprint density at radius 2 is 1.64 bits per heavy atom. The van der Waals surface area contributed by atoms with E-state index in [4.69, 9.17) is 0 Å². The summed E-state index contributed by atoms with van der Waals surface area (Å²) in [5.74, 6) is -0.793. The highest BCUT2D eigenvalue weighted by atomic mass is 16.4. The van der Waals surface area contributed by atoms with Crippen molar-refractivity contribution in [3.63, 3.8) is 0 Å². The fourth-order valence-electron chi connectivity index (χ4n) is 3.66. The molecule has 1 unspecified atom stereocenters. The minimum Gasteiger partial charge on any atom is -0.480 e. The van der Waals surface area contributed by atoms with E-state index in [1.807, 2.05) is 37.3 Å². The van der Waals surface area contributed by atoms with Crippen LogP contribution in [0.5, 0.6) is 0 Å². The number of rotatable bonds is 4. The molecule has 0 bridgehead atoms. The van der Waals surface area contributed by atoms with E-state index in [1.165, 1.54) is 16.8 Å². The van der Waals surface area contributed by atoms with Crippen molar-refractivity contribution in [2.75, 3.05) is 31.1 Å². The van der Waals surface area contributed by atoms with Crippen molar-refractivity contribution in [1.29, 1.82) is 0 Å². The van der Waals surface area contributed by atoms with Crippen molar-refractivity contribution in [2.45, 2.75) is 26.3 Å². The summed E-state index contributed by atoms with van der Waals surface area (Å²) < 4.78 is 0. The molecular formula is C21H26N2O2. The van der Waals surface area contributed by atoms with Crippen LogP contribution in [-0.2, 0) is 10.3 Å². The first kappa shape index (κ1) is 17.5. The number of aliphatic carboxylic acids is 1. The number of benzene rings is 2. The number of nitrogens with zero attached hydrogens (tertiary/aromatic N) is 2. The average molecular weight is 338 g/mol. The Hall–Kier alpha value is -2.33. The molecule has 3 rings (SSSR count). The number of hydrogen-bond acceptors (Lipinski definition) is 3. The summed E-state index contributed by atoms with van der Waals surface area (Å²) in [6.45, 7) is 9.18. The fraction of sp³-hybridized carbons (Fsp3) is 0.381. The van der Waals surface area contributed by atoms with Crippen LogP contribution in [0.2, 0.25) is 0 Å². The maximum absolute atomic E-state index is 12.1. The van der Waals surface area contributed by atoms with Crippen molar-refractivity contribution >= 4 is 11.7 Å². The van der Waals surface area contributed by atoms with Crippen LogP contribution in [0.1, 0.15) is 23.6 Å². The number of carboxylic acid groups (broad SMARTS) is 1. The standard InChI is InChI=1S/C21H26N2O2/c1-16-9-10-17(2)19(15-16)22-11-13-23(14-12-22)21(3,20(24)25)18-7-5-4-6-8-18/h4-10,15H,11-14H2,1-3H3,(H,24,25). The van der Waals surface area contributed by atoms with E-state index >= 15 is 0 Å². The van der Waals surface area contributed by atoms with Crippen LogP contribution in [0.15, 0.2) is 48.5 Å². The van der Waals surface area contributed by atoms with Crippen LogP contribution in [-0.4, -0.2) is 42.2 Å². The number of aryl methyl sites for hydroxylation is 2. The molecule has 0 aliphatic carbocycles. The predicted octanol–water partition coefficient (Wildman–Crippen LogP) is 3.43. The molecule has 1 aliphatic rings. The van der Waals surface area contributed by atoms with E-state index < -0.39 is 11.5 Å². The Morgan fingerprint density at radius 1 is 1.00 bits per heavy atom. The third-order valence-corrected chi connectivity index (χ3v) is 5.37. The second-order valence-corrected chi connectivity index (χ2v) is 7.01. The van der Waals surface area contributed by atoms with Crippen molar-refractivity contribution in [2.24, 2.45) is 0 Å². The number of hydrogen-bond donors (Lipinski definition) is 1. The molecule has 1 atom stereocenters. The smallest absolute Gasteiger partial charge is 0.328 e. The van der Waals surface area contributed by atoms with Crippen molar-refractivity contribution in [1.82, 2.24) is 4.90 Å². The van der Waals surface area contributed by atoms with Gasteiger partial charge >= 0.3 is 5.97 Å². The predicted molar refractivity (Wildman–Crippen MR) is 101 cm³/mol. The monoisotopic (exact) mass is 338 g/mol. The summed E-state index contributed by atoms with van der Waals surface area (Å²) in [7, 11) is 0. The lowest BCUT2D eigenvalue weighted by atomic mass is 9.89. The molecule has 0 spiro atoms. The normalized spacial score (nSPS) is 18.0. The topological polar surface area (TPSA) is 43.8 Å². The maximum atomic E-state index is 12.1. The van der Waals surface area contributed by atoms with Gasteiger partial charge < -0.3 is 10.0 Å². The van der Waals surface area contributed by atoms with Crippen molar-refractivity contribution < 1.29 is 9.90 Å². The van der Waals surface area contributed by atoms with E-state index in [-0.39, 0.29) is 0 Å². The molecule has 0 amide bonds. The van der Waals surface area contributed by atoms with E-state index in [0.717, 1.165) is 31.7 Å². The Kier molecular flexibility index (Phi) is 4.82. The van der Waals surface area contributed by atoms with Gasteiger partial charge in [-0.1, -0.05) is 42.5 Å². The van der Waals surface area contributed by atoms with E-state index in [9.17, 15) is 9.90 Å². The number of carbonyl (C=O) groups is 1. The summed E-state index contributed by atoms with van der Waals surface area (Å²) in [5.41, 5.74) is 3.62. The maximum Gasteiger partial charge on any atom is 0.328 e. The molecule has 4 nitrogen and oxygen atoms in total. The largest absolute Gasteiger partial charge is 0.480 e. The lowest BCUT2D eigenvalue weighted by molar-refractivity contribution is -0.151. The average Bonchev–Trinajstić information content (AvgIpc) is 2.64. The van der Waals surface area contributed by atoms with Gasteiger partial charge in [0.2, 0.25) is 0 Å². The summed E-state index contributed by atoms with van der Waals surface area (Å²) in [6.07, 6.45) is 0. The second-order valence-electron chi connectivity index (χ2n) is 7.01. The number of anilines is 1. The molecule has 4 heteroatoms. The fourth-order valence-corrected chi connectivity index (χ4v) is 3.66. The summed E-state index contributed by atoms with van der Waals surface area (Å²) in [5, 5.41) is 9.95. The van der Waals surface area contributed by atoms with Gasteiger partial charge in [-0.25, -0.2) is 4.79 Å². The Balaban J connectivity index is 1.81. The number of piperazine rings is 1. The van der Waals surface area contributed by atoms with Gasteiger partial charge in [0.15, 0.2) is 0 Å². The lowest BCUT2D eigenvalue weighted by Gasteiger charge is -2.44. The summed E-state index contributed by atoms with van der Waals surface area (Å²) >= 11 is 0. The van der Waals surface area contributed by atoms with Gasteiger partial charge in [0.1, 0.15) is 5.54 Å². The van der Waals surface area contributed by atoms with Gasteiger partial charge in [0.05, 0.1) is 0 Å². The van der Waals surface area contributed by atoms with Gasteiger partial charge in [-0.2, -0.15) is 0 Å². The molecule has 2 aromatic rings. The zero-order chi connectivity index (χ0) is 18.0. The highest BCUT2D eigenvalue weighted by Crippen LogP contribution is 2.31. The summed E-state index contributed by atoms with van der Waals surface area (Å²) in [4.78, 5) is 16.6. The first-order valence-corrected chi connectivity index (χ1v) is 8.79. The second kappa shape index (κ2) is 6.89. The molecule has 1 aliphatic heterocycles. The highest BCUT2D eigenvalue weighted by molar-refractivity contribution is 5.80. The summed E-state index contributed by atoms with van der Waals surface area (Å²) in [6, 6.07) is 16.1. The Morgan fingerprint density at radius 3 is 2.24 bits per heavy atom. The third-order valence-electron chi connectivity index (χ3n) is 5.37. The van der Waals surface area contributed by atoms with Crippen molar-refractivity contribution in [3.8, 4) is 0 Å². The van der Waals surface area contributed by atoms with Gasteiger partial charge in [-0.15, -0.1) is 0 Å². The van der Waals surface area contributed by atoms with Crippen LogP contribution in [0, 0.1) is 13.8 Å². The van der Waals surface area contributed by atoms with Gasteiger partial charge in [0.25, 0.3) is 0 Å². The van der Waals surface area contributed by atoms with E-state index in [0.29, 0.717) is 0 Å². The first-order chi connectivity index (χ1) is 11.9. The molecule has 2 aromatic carbocycles. The lowest BCUT2D eigenvalue weighted by Crippen LogP contribution is -2.57. The zero-order valence-electron chi connectivity index (χ0n) is 15.2. The van der Waals surface area contributed by atoms with Crippen molar-refractivity contribution in [3.05, 3.63) is 65.2 Å². The quantitative estimate of drug-likeness (QED) is 0.928. The molecule has 0 radical (unpaired) electrons. The van der Waals surface area contributed by atoms with Gasteiger partial charge in [-0.3, -0.25) is 4.90 Å². The molecule has 132 valence electrons. The molecule has 1 saturated heterocycles. The van der Waals surface area contributed by atoms with E-state index in [1.54, 1.807) is 0 Å². The van der Waals surface area contributed by atoms with Crippen LogP contribution in [0.4, 0.5) is 5.69 Å². The van der Waals surface area contributed by atoms with Crippen LogP contribution in [0.25, 0.3) is 0 Å². The van der Waals surface area contributed by atoms with E-state index in [2.05, 4.69) is 41.8 Å². The van der Waals surface area contributed by atoms with Crippen LogP contribution >= 0.6 is 0 Å². The third kappa shape index (κ3) is 3.27. The molecule has 1 N–H and O–H groups in total. The van der Waals surface area contributed by atoms with Gasteiger partial charge in [0, 0.05) is 31.9 Å². The van der Waals surface area contributed by atoms with Gasteiger partial charge in [-0.05, 0) is 43.5 Å². The minimum absolute atomic E-state index is 0.727. The first-order valence-electron chi connectivity index (χ1n) is 8.79. The highest BCUT2D eigenvalue weighted by Gasteiger charge is 2.42. The molecule has 1 fully saturated rings. The van der Waals surface area contributed by atoms with Crippen LogP contribution < -0.4 is 4.90 Å². The Bertz CT molecular complexity index is 752.